The van der Waals surface area contributed by atoms with Crippen molar-refractivity contribution in [1.29, 1.82) is 0 Å². The van der Waals surface area contributed by atoms with Crippen molar-refractivity contribution in [3.63, 3.8) is 0 Å². The third-order valence-corrected chi connectivity index (χ3v) is 7.94. The monoisotopic (exact) mass is 600 g/mol. The smallest absolute Gasteiger partial charge is 0.180 e. The number of para-hydroxylation sites is 1. The standard InChI is InChI=1S/C40H24N2OS/c1-2-9-25(10-3-1)31-16-8-17-33-38-40(43-39(31)33)37(41-24-42-38)30-14-7-13-28(22-30)26-11-6-12-27(21-26)29-19-20-36-34(23-29)32-15-4-5-18-35(32)44-36/h1-24H/i1D,2D,3D,4D,5D,6D,7D,9D,10D,11D,12D,13D,14D,15D,18D,19D,20D,21D,22D,23D. The van der Waals surface area contributed by atoms with Gasteiger partial charge in [-0.3, -0.25) is 0 Å². The van der Waals surface area contributed by atoms with Crippen molar-refractivity contribution in [3.05, 3.63) is 145 Å². The molecule has 4 heteroatoms. The maximum atomic E-state index is 9.50. The van der Waals surface area contributed by atoms with Gasteiger partial charge in [-0.15, -0.1) is 11.3 Å². The van der Waals surface area contributed by atoms with E-state index in [-0.39, 0.29) is 59.1 Å². The van der Waals surface area contributed by atoms with E-state index in [1.54, 1.807) is 12.1 Å². The molecule has 0 N–H and O–H groups in total. The number of furan rings is 1. The van der Waals surface area contributed by atoms with E-state index in [1.807, 2.05) is 0 Å². The van der Waals surface area contributed by atoms with Gasteiger partial charge in [0, 0.05) is 36.7 Å². The average Bonchev–Trinajstić information content (AvgIpc) is 3.87. The molecule has 3 aromatic heterocycles. The highest BCUT2D eigenvalue weighted by Gasteiger charge is 2.18. The van der Waals surface area contributed by atoms with Crippen LogP contribution in [0.5, 0.6) is 0 Å². The lowest BCUT2D eigenvalue weighted by molar-refractivity contribution is 0.668. The lowest BCUT2D eigenvalue weighted by Crippen LogP contribution is -1.88. The first-order valence-electron chi connectivity index (χ1n) is 23.0. The molecule has 0 aliphatic rings. The summed E-state index contributed by atoms with van der Waals surface area (Å²) in [6, 6.07) is -8.84. The van der Waals surface area contributed by atoms with Gasteiger partial charge in [-0.1, -0.05) is 103 Å². The van der Waals surface area contributed by atoms with Crippen LogP contribution in [-0.4, -0.2) is 9.97 Å². The van der Waals surface area contributed by atoms with Gasteiger partial charge in [0.25, 0.3) is 0 Å². The highest BCUT2D eigenvalue weighted by Crippen LogP contribution is 2.40. The SMILES string of the molecule is [2H]c1c([2H])c([2H])c(-c2cccc3c2oc2c(-c4c([2H])c([2H])c([2H])c(-c5c([2H])c([2H])c([2H])c(-c6c([2H])c([2H])c7sc8c([2H])c([2H])c([2H])c([2H])c8c7c6[2H])c5[2H])c4[2H])ncnc23)c([2H])c1[2H]. The molecule has 9 aromatic rings. The van der Waals surface area contributed by atoms with E-state index < -0.39 is 149 Å². The van der Waals surface area contributed by atoms with Crippen molar-refractivity contribution in [3.8, 4) is 44.6 Å². The van der Waals surface area contributed by atoms with Crippen LogP contribution in [0.1, 0.15) is 27.4 Å². The van der Waals surface area contributed by atoms with Gasteiger partial charge in [-0.05, 0) is 64.1 Å². The van der Waals surface area contributed by atoms with Gasteiger partial charge in [0.1, 0.15) is 23.1 Å². The Bertz CT molecular complexity index is 3610. The summed E-state index contributed by atoms with van der Waals surface area (Å²) in [6.45, 7) is 0. The van der Waals surface area contributed by atoms with E-state index in [0.29, 0.717) is 0 Å². The number of rotatable bonds is 4. The van der Waals surface area contributed by atoms with Crippen LogP contribution in [-0.2, 0) is 0 Å². The van der Waals surface area contributed by atoms with E-state index in [2.05, 4.69) is 9.97 Å². The molecule has 0 saturated carbocycles. The predicted molar refractivity (Wildman–Crippen MR) is 184 cm³/mol. The molecule has 3 heterocycles. The molecule has 0 radical (unpaired) electrons. The zero-order chi connectivity index (χ0) is 46.4. The summed E-state index contributed by atoms with van der Waals surface area (Å²) in [4.78, 5) is 8.62. The topological polar surface area (TPSA) is 38.9 Å². The summed E-state index contributed by atoms with van der Waals surface area (Å²) in [7, 11) is 0. The third kappa shape index (κ3) is 4.03. The van der Waals surface area contributed by atoms with Crippen LogP contribution in [0.3, 0.4) is 0 Å². The Morgan fingerprint density at radius 3 is 2.05 bits per heavy atom. The van der Waals surface area contributed by atoms with Crippen LogP contribution in [0.15, 0.2) is 150 Å². The van der Waals surface area contributed by atoms with Crippen LogP contribution in [0.2, 0.25) is 0 Å². The first kappa shape index (κ1) is 12.2. The second-order valence-electron chi connectivity index (χ2n) is 9.44. The van der Waals surface area contributed by atoms with Gasteiger partial charge in [0.2, 0.25) is 0 Å². The summed E-state index contributed by atoms with van der Waals surface area (Å²) < 4.78 is 181. The summed E-state index contributed by atoms with van der Waals surface area (Å²) in [5.74, 6) is 0. The summed E-state index contributed by atoms with van der Waals surface area (Å²) in [5, 5.41) is -0.0290. The van der Waals surface area contributed by atoms with E-state index >= 15 is 0 Å². The van der Waals surface area contributed by atoms with Crippen LogP contribution in [0, 0.1) is 0 Å². The zero-order valence-corrected chi connectivity index (χ0v) is 22.8. The highest BCUT2D eigenvalue weighted by atomic mass is 32.1. The van der Waals surface area contributed by atoms with E-state index in [0.717, 1.165) is 17.7 Å². The molecule has 0 atom stereocenters. The van der Waals surface area contributed by atoms with Crippen LogP contribution >= 0.6 is 11.3 Å². The predicted octanol–water partition coefficient (Wildman–Crippen LogP) is 11.4. The van der Waals surface area contributed by atoms with Crippen molar-refractivity contribution in [2.75, 3.05) is 0 Å². The lowest BCUT2D eigenvalue weighted by Gasteiger charge is -2.09. The fourth-order valence-electron chi connectivity index (χ4n) is 4.97. The van der Waals surface area contributed by atoms with Gasteiger partial charge >= 0.3 is 0 Å². The minimum atomic E-state index is -0.882. The lowest BCUT2D eigenvalue weighted by atomic mass is 9.96. The van der Waals surface area contributed by atoms with Crippen LogP contribution < -0.4 is 0 Å². The molecule has 44 heavy (non-hydrogen) atoms. The molecule has 0 bridgehead atoms. The number of hydrogen-bond donors (Lipinski definition) is 0. The number of aromatic nitrogens is 2. The molecule has 9 rings (SSSR count). The molecule has 0 saturated heterocycles. The van der Waals surface area contributed by atoms with Gasteiger partial charge in [-0.2, -0.15) is 0 Å². The summed E-state index contributed by atoms with van der Waals surface area (Å²) in [6.07, 6.45) is 1.07. The molecule has 0 unspecified atom stereocenters. The van der Waals surface area contributed by atoms with Crippen molar-refractivity contribution in [1.82, 2.24) is 9.97 Å². The maximum absolute atomic E-state index is 9.50. The Labute approximate surface area is 285 Å². The second-order valence-corrected chi connectivity index (χ2v) is 10.5. The van der Waals surface area contributed by atoms with Gasteiger partial charge in [-0.25, -0.2) is 9.97 Å². The van der Waals surface area contributed by atoms with Crippen molar-refractivity contribution in [2.24, 2.45) is 0 Å². The Hall–Kier alpha value is -5.58. The first-order valence-corrected chi connectivity index (χ1v) is 13.8. The fourth-order valence-corrected chi connectivity index (χ4v) is 5.88. The second kappa shape index (κ2) is 10.0. The zero-order valence-electron chi connectivity index (χ0n) is 42.0. The Morgan fingerprint density at radius 2 is 1.20 bits per heavy atom. The largest absolute Gasteiger partial charge is 0.451 e. The van der Waals surface area contributed by atoms with Crippen molar-refractivity contribution in [2.45, 2.75) is 0 Å². The maximum Gasteiger partial charge on any atom is 0.180 e. The molecule has 0 fully saturated rings. The molecular formula is C40H24N2OS. The van der Waals surface area contributed by atoms with Crippen molar-refractivity contribution >= 4 is 53.6 Å². The van der Waals surface area contributed by atoms with Gasteiger partial charge in [0.15, 0.2) is 5.58 Å². The van der Waals surface area contributed by atoms with E-state index in [9.17, 15) is 4.11 Å². The molecular weight excluding hydrogens is 557 g/mol. The molecule has 0 aliphatic heterocycles. The molecule has 6 aromatic carbocycles. The van der Waals surface area contributed by atoms with Crippen LogP contribution in [0.25, 0.3) is 86.9 Å². The highest BCUT2D eigenvalue weighted by molar-refractivity contribution is 7.25. The quantitative estimate of drug-likeness (QED) is 0.202. The number of thiophene rings is 1. The fraction of sp³-hybridized carbons (Fsp3) is 0. The summed E-state index contributed by atoms with van der Waals surface area (Å²) in [5.41, 5.74) is -3.44. The summed E-state index contributed by atoms with van der Waals surface area (Å²) >= 11 is 0.765. The average molecular weight is 601 g/mol. The first-order chi connectivity index (χ1) is 30.1. The molecule has 0 aliphatic carbocycles. The molecule has 206 valence electrons. The van der Waals surface area contributed by atoms with Gasteiger partial charge in [0.05, 0.1) is 27.4 Å². The molecule has 3 nitrogen and oxygen atoms in total. The number of hydrogen-bond acceptors (Lipinski definition) is 4. The third-order valence-electron chi connectivity index (χ3n) is 6.92. The minimum absolute atomic E-state index is 0.00242. The van der Waals surface area contributed by atoms with Crippen molar-refractivity contribution < 1.29 is 31.8 Å². The van der Waals surface area contributed by atoms with Crippen LogP contribution in [0.4, 0.5) is 0 Å². The Morgan fingerprint density at radius 1 is 0.523 bits per heavy atom. The normalized spacial score (nSPS) is 18.0. The number of benzene rings is 6. The van der Waals surface area contributed by atoms with E-state index in [4.69, 9.17) is 27.7 Å². The van der Waals surface area contributed by atoms with Gasteiger partial charge < -0.3 is 4.42 Å². The molecule has 0 spiro atoms. The Kier molecular flexibility index (Phi) is 2.77. The minimum Gasteiger partial charge on any atom is -0.451 e. The number of fused-ring (bicyclic) bond motifs is 6. The Balaban J connectivity index is 1.34. The van der Waals surface area contributed by atoms with E-state index in [1.165, 1.54) is 6.07 Å². The number of nitrogens with zero attached hydrogens (tertiary/aromatic N) is 2. The molecule has 0 amide bonds.